The summed E-state index contributed by atoms with van der Waals surface area (Å²) in [5.74, 6) is 0.152. The fraction of sp³-hybridized carbons (Fsp3) is 0.476. The molecule has 0 unspecified atom stereocenters. The molecule has 0 radical (unpaired) electrons. The van der Waals surface area contributed by atoms with Crippen LogP contribution in [0.4, 0.5) is 0 Å². The van der Waals surface area contributed by atoms with Crippen molar-refractivity contribution >= 4 is 23.4 Å². The number of carbonyl (C=O) groups excluding carboxylic acids is 2. The van der Waals surface area contributed by atoms with Crippen LogP contribution >= 0.6 is 11.6 Å². The van der Waals surface area contributed by atoms with Crippen LogP contribution in [0.2, 0.25) is 5.02 Å². The van der Waals surface area contributed by atoms with Crippen LogP contribution in [0.1, 0.15) is 61.5 Å². The molecule has 0 atom stereocenters. The Balaban J connectivity index is 1.62. The number of hydrogen-bond acceptors (Lipinski definition) is 3. The first kappa shape index (κ1) is 20.4. The number of nitrogens with zero attached hydrogens (tertiary/aromatic N) is 2. The Morgan fingerprint density at radius 1 is 1.21 bits per heavy atom. The first-order valence-corrected chi connectivity index (χ1v) is 10.2. The fourth-order valence-corrected chi connectivity index (χ4v) is 3.88. The number of halogens is 1. The molecular weight excluding hydrogens is 376 g/mol. The average molecular weight is 403 g/mol. The van der Waals surface area contributed by atoms with Crippen LogP contribution in [0, 0.1) is 5.92 Å². The molecule has 1 saturated carbocycles. The molecule has 1 heterocycles. The van der Waals surface area contributed by atoms with Crippen molar-refractivity contribution < 1.29 is 9.59 Å². The van der Waals surface area contributed by atoms with E-state index < -0.39 is 0 Å². The Morgan fingerprint density at radius 3 is 2.61 bits per heavy atom. The highest BCUT2D eigenvalue weighted by Gasteiger charge is 2.23. The summed E-state index contributed by atoms with van der Waals surface area (Å²) in [6.07, 6.45) is 5.78. The molecule has 6 nitrogen and oxygen atoms in total. The van der Waals surface area contributed by atoms with Gasteiger partial charge in [0.25, 0.3) is 5.91 Å². The van der Waals surface area contributed by atoms with Crippen molar-refractivity contribution in [2.24, 2.45) is 5.92 Å². The third-order valence-corrected chi connectivity index (χ3v) is 5.32. The van der Waals surface area contributed by atoms with Crippen molar-refractivity contribution in [3.05, 3.63) is 46.7 Å². The maximum absolute atomic E-state index is 12.7. The van der Waals surface area contributed by atoms with Crippen LogP contribution < -0.4 is 10.6 Å². The summed E-state index contributed by atoms with van der Waals surface area (Å²) >= 11 is 6.10. The Hall–Kier alpha value is -2.34. The van der Waals surface area contributed by atoms with Gasteiger partial charge in [0.2, 0.25) is 5.91 Å². The molecule has 0 aliphatic heterocycles. The van der Waals surface area contributed by atoms with Gasteiger partial charge in [0.05, 0.1) is 23.1 Å². The van der Waals surface area contributed by atoms with E-state index in [0.29, 0.717) is 23.7 Å². The van der Waals surface area contributed by atoms with Crippen molar-refractivity contribution in [3.63, 3.8) is 0 Å². The number of rotatable bonds is 7. The third-order valence-electron chi connectivity index (χ3n) is 5.09. The normalized spacial score (nSPS) is 14.4. The topological polar surface area (TPSA) is 76.0 Å². The molecule has 0 spiro atoms. The summed E-state index contributed by atoms with van der Waals surface area (Å²) in [5, 5.41) is 10.8. The van der Waals surface area contributed by atoms with Gasteiger partial charge >= 0.3 is 0 Å². The second kappa shape index (κ2) is 9.24. The van der Waals surface area contributed by atoms with E-state index in [0.717, 1.165) is 37.1 Å². The van der Waals surface area contributed by atoms with Gasteiger partial charge in [-0.25, -0.2) is 4.68 Å². The largest absolute Gasteiger partial charge is 0.354 e. The lowest BCUT2D eigenvalue weighted by Crippen LogP contribution is -2.37. The Bertz CT molecular complexity index is 841. The van der Waals surface area contributed by atoms with Crippen LogP contribution in [-0.2, 0) is 4.79 Å². The maximum atomic E-state index is 12.7. The monoisotopic (exact) mass is 402 g/mol. The number of aromatic nitrogens is 2. The van der Waals surface area contributed by atoms with Crippen molar-refractivity contribution in [2.45, 2.75) is 45.4 Å². The summed E-state index contributed by atoms with van der Waals surface area (Å²) in [6, 6.07) is 7.39. The van der Waals surface area contributed by atoms with Gasteiger partial charge in [-0.2, -0.15) is 5.10 Å². The molecule has 1 fully saturated rings. The number of nitrogens with one attached hydrogen (secondary N) is 2. The fourth-order valence-electron chi connectivity index (χ4n) is 3.69. The van der Waals surface area contributed by atoms with Crippen LogP contribution in [0.25, 0.3) is 5.69 Å². The summed E-state index contributed by atoms with van der Waals surface area (Å²) in [5.41, 5.74) is 2.19. The molecule has 2 N–H and O–H groups in total. The summed E-state index contributed by atoms with van der Waals surface area (Å²) < 4.78 is 1.76. The molecule has 3 rings (SSSR count). The van der Waals surface area contributed by atoms with Crippen molar-refractivity contribution in [1.82, 2.24) is 20.4 Å². The molecule has 0 saturated heterocycles. The van der Waals surface area contributed by atoms with E-state index in [1.54, 1.807) is 16.9 Å². The zero-order valence-corrected chi connectivity index (χ0v) is 17.1. The van der Waals surface area contributed by atoms with Crippen LogP contribution in [0.3, 0.4) is 0 Å². The number of amides is 2. The number of carbonyl (C=O) groups is 2. The van der Waals surface area contributed by atoms with Gasteiger partial charge in [-0.05, 0) is 37.0 Å². The smallest absolute Gasteiger partial charge is 0.254 e. The van der Waals surface area contributed by atoms with Gasteiger partial charge < -0.3 is 10.6 Å². The molecule has 1 aliphatic carbocycles. The van der Waals surface area contributed by atoms with E-state index in [2.05, 4.69) is 15.7 Å². The lowest BCUT2D eigenvalue weighted by atomic mass is 10.0. The molecule has 7 heteroatoms. The standard InChI is InChI=1S/C21H27ClN4O2/c1-14(2)19-18(13-25-26(19)17-9-5-8-16(22)12-17)21(28)24-11-10-23-20(27)15-6-3-4-7-15/h5,8-9,12-15H,3-4,6-7,10-11H2,1-2H3,(H,23,27)(H,24,28). The van der Waals surface area contributed by atoms with Gasteiger partial charge in [-0.3, -0.25) is 9.59 Å². The van der Waals surface area contributed by atoms with Crippen LogP contribution in [-0.4, -0.2) is 34.7 Å². The highest BCUT2D eigenvalue weighted by Crippen LogP contribution is 2.25. The van der Waals surface area contributed by atoms with E-state index in [4.69, 9.17) is 11.6 Å². The first-order valence-electron chi connectivity index (χ1n) is 9.87. The highest BCUT2D eigenvalue weighted by molar-refractivity contribution is 6.30. The molecule has 28 heavy (non-hydrogen) atoms. The molecule has 2 aromatic rings. The number of hydrogen-bond donors (Lipinski definition) is 2. The van der Waals surface area contributed by atoms with E-state index >= 15 is 0 Å². The Morgan fingerprint density at radius 2 is 1.93 bits per heavy atom. The van der Waals surface area contributed by atoms with E-state index in [1.165, 1.54) is 0 Å². The first-order chi connectivity index (χ1) is 13.5. The second-order valence-corrected chi connectivity index (χ2v) is 7.95. The molecule has 1 aromatic heterocycles. The predicted molar refractivity (Wildman–Crippen MR) is 110 cm³/mol. The van der Waals surface area contributed by atoms with E-state index in [1.807, 2.05) is 32.0 Å². The maximum Gasteiger partial charge on any atom is 0.254 e. The summed E-state index contributed by atoms with van der Waals surface area (Å²) in [4.78, 5) is 24.7. The molecule has 1 aromatic carbocycles. The molecule has 150 valence electrons. The van der Waals surface area contributed by atoms with E-state index in [9.17, 15) is 9.59 Å². The molecule has 1 aliphatic rings. The Labute approximate surface area is 170 Å². The summed E-state index contributed by atoms with van der Waals surface area (Å²) in [7, 11) is 0. The van der Waals surface area contributed by atoms with Gasteiger partial charge in [-0.1, -0.05) is 44.4 Å². The minimum absolute atomic E-state index is 0.100. The zero-order valence-electron chi connectivity index (χ0n) is 16.4. The number of benzene rings is 1. The van der Waals surface area contributed by atoms with Gasteiger partial charge in [0, 0.05) is 24.0 Å². The van der Waals surface area contributed by atoms with Crippen LogP contribution in [0.15, 0.2) is 30.5 Å². The lowest BCUT2D eigenvalue weighted by Gasteiger charge is -2.14. The molecular formula is C21H27ClN4O2. The zero-order chi connectivity index (χ0) is 20.1. The molecule has 0 bridgehead atoms. The third kappa shape index (κ3) is 4.73. The predicted octanol–water partition coefficient (Wildman–Crippen LogP) is 3.69. The molecule has 2 amide bonds. The lowest BCUT2D eigenvalue weighted by molar-refractivity contribution is -0.124. The van der Waals surface area contributed by atoms with Crippen molar-refractivity contribution in [2.75, 3.05) is 13.1 Å². The summed E-state index contributed by atoms with van der Waals surface area (Å²) in [6.45, 7) is 4.87. The van der Waals surface area contributed by atoms with Crippen LogP contribution in [0.5, 0.6) is 0 Å². The quantitative estimate of drug-likeness (QED) is 0.693. The minimum Gasteiger partial charge on any atom is -0.354 e. The van der Waals surface area contributed by atoms with Gasteiger partial charge in [0.1, 0.15) is 0 Å². The van der Waals surface area contributed by atoms with Gasteiger partial charge in [0.15, 0.2) is 0 Å². The van der Waals surface area contributed by atoms with Crippen molar-refractivity contribution in [3.8, 4) is 5.69 Å². The average Bonchev–Trinajstić information content (AvgIpc) is 3.34. The Kier molecular flexibility index (Phi) is 6.73. The highest BCUT2D eigenvalue weighted by atomic mass is 35.5. The van der Waals surface area contributed by atoms with Crippen molar-refractivity contribution in [1.29, 1.82) is 0 Å². The van der Waals surface area contributed by atoms with Gasteiger partial charge in [-0.15, -0.1) is 0 Å². The minimum atomic E-state index is -0.188. The second-order valence-electron chi connectivity index (χ2n) is 7.52. The SMILES string of the molecule is CC(C)c1c(C(=O)NCCNC(=O)C2CCCC2)cnn1-c1cccc(Cl)c1. The van der Waals surface area contributed by atoms with E-state index in [-0.39, 0.29) is 23.7 Å².